The number of thiazole rings is 1. The molecule has 3 aromatic rings. The van der Waals surface area contributed by atoms with Crippen molar-refractivity contribution in [1.82, 2.24) is 14.6 Å². The second-order valence-corrected chi connectivity index (χ2v) is 10.4. The predicted molar refractivity (Wildman–Crippen MR) is 124 cm³/mol. The lowest BCUT2D eigenvalue weighted by molar-refractivity contribution is -0.120. The van der Waals surface area contributed by atoms with Crippen LogP contribution in [-0.4, -0.2) is 49.9 Å². The highest BCUT2D eigenvalue weighted by Crippen LogP contribution is 2.25. The van der Waals surface area contributed by atoms with Gasteiger partial charge in [0, 0.05) is 35.6 Å². The molecule has 0 atom stereocenters. The van der Waals surface area contributed by atoms with Crippen LogP contribution in [0.4, 0.5) is 0 Å². The van der Waals surface area contributed by atoms with Crippen molar-refractivity contribution in [2.75, 3.05) is 26.3 Å². The smallest absolute Gasteiger partial charge is 0.243 e. The SMILES string of the molecule is O=C(Cc1csc(-c2ccc(Cl)cc2)n1)NCc1ccccc1S(=O)(=O)N1CCOCC1. The highest BCUT2D eigenvalue weighted by atomic mass is 35.5. The molecule has 0 unspecified atom stereocenters. The molecule has 0 spiro atoms. The molecule has 1 N–H and O–H groups in total. The fourth-order valence-corrected chi connectivity index (χ4v) is 5.94. The Morgan fingerprint density at radius 3 is 2.59 bits per heavy atom. The minimum Gasteiger partial charge on any atom is -0.379 e. The number of nitrogens with zero attached hydrogens (tertiary/aromatic N) is 2. The lowest BCUT2D eigenvalue weighted by atomic mass is 10.2. The van der Waals surface area contributed by atoms with Crippen LogP contribution in [0.2, 0.25) is 5.02 Å². The molecule has 0 aliphatic carbocycles. The number of sulfonamides is 1. The molecule has 7 nitrogen and oxygen atoms in total. The highest BCUT2D eigenvalue weighted by molar-refractivity contribution is 7.89. The first kappa shape index (κ1) is 22.9. The van der Waals surface area contributed by atoms with Crippen molar-refractivity contribution in [2.45, 2.75) is 17.9 Å². The number of rotatable bonds is 7. The molecule has 1 aromatic heterocycles. The molecule has 0 bridgehead atoms. The van der Waals surface area contributed by atoms with E-state index in [2.05, 4.69) is 10.3 Å². The number of benzene rings is 2. The van der Waals surface area contributed by atoms with Crippen LogP contribution in [0, 0.1) is 0 Å². The zero-order valence-corrected chi connectivity index (χ0v) is 19.5. The Kier molecular flexibility index (Phi) is 7.22. The van der Waals surface area contributed by atoms with Crippen molar-refractivity contribution in [3.63, 3.8) is 0 Å². The Labute approximate surface area is 196 Å². The van der Waals surface area contributed by atoms with Gasteiger partial charge in [-0.2, -0.15) is 4.31 Å². The van der Waals surface area contributed by atoms with Crippen LogP contribution in [0.25, 0.3) is 10.6 Å². The van der Waals surface area contributed by atoms with Gasteiger partial charge in [-0.25, -0.2) is 13.4 Å². The number of carbonyl (C=O) groups excluding carboxylic acids is 1. The van der Waals surface area contributed by atoms with Gasteiger partial charge in [-0.15, -0.1) is 11.3 Å². The molecule has 1 aliphatic rings. The summed E-state index contributed by atoms with van der Waals surface area (Å²) >= 11 is 7.38. The number of nitrogens with one attached hydrogen (secondary N) is 1. The topological polar surface area (TPSA) is 88.6 Å². The number of hydrogen-bond donors (Lipinski definition) is 1. The number of amides is 1. The van der Waals surface area contributed by atoms with Crippen LogP contribution in [0.3, 0.4) is 0 Å². The van der Waals surface area contributed by atoms with Gasteiger partial charge in [0.2, 0.25) is 15.9 Å². The van der Waals surface area contributed by atoms with E-state index >= 15 is 0 Å². The third-order valence-corrected chi connectivity index (χ3v) is 8.21. The fraction of sp³-hybridized carbons (Fsp3) is 0.273. The van der Waals surface area contributed by atoms with Crippen LogP contribution < -0.4 is 5.32 Å². The summed E-state index contributed by atoms with van der Waals surface area (Å²) in [6.45, 7) is 1.52. The first-order valence-corrected chi connectivity index (χ1v) is 12.8. The molecule has 1 amide bonds. The van der Waals surface area contributed by atoms with E-state index in [-0.39, 0.29) is 23.8 Å². The Bertz CT molecular complexity index is 1190. The Morgan fingerprint density at radius 1 is 1.12 bits per heavy atom. The van der Waals surface area contributed by atoms with Gasteiger partial charge in [-0.05, 0) is 23.8 Å². The average Bonchev–Trinajstić information content (AvgIpc) is 3.27. The van der Waals surface area contributed by atoms with Crippen molar-refractivity contribution >= 4 is 38.9 Å². The van der Waals surface area contributed by atoms with Crippen molar-refractivity contribution in [1.29, 1.82) is 0 Å². The summed E-state index contributed by atoms with van der Waals surface area (Å²) in [6.07, 6.45) is 0.114. The largest absolute Gasteiger partial charge is 0.379 e. The summed E-state index contributed by atoms with van der Waals surface area (Å²) in [6, 6.07) is 14.1. The lowest BCUT2D eigenvalue weighted by Gasteiger charge is -2.27. The van der Waals surface area contributed by atoms with E-state index < -0.39 is 10.0 Å². The molecule has 1 saturated heterocycles. The second kappa shape index (κ2) is 10.1. The monoisotopic (exact) mass is 491 g/mol. The van der Waals surface area contributed by atoms with Crippen molar-refractivity contribution < 1.29 is 17.9 Å². The van der Waals surface area contributed by atoms with Gasteiger partial charge in [-0.1, -0.05) is 41.9 Å². The maximum Gasteiger partial charge on any atom is 0.243 e. The van der Waals surface area contributed by atoms with E-state index in [0.717, 1.165) is 10.6 Å². The molecule has 1 fully saturated rings. The zero-order valence-electron chi connectivity index (χ0n) is 17.2. The number of halogens is 1. The minimum absolute atomic E-state index is 0.114. The molecule has 10 heteroatoms. The summed E-state index contributed by atoms with van der Waals surface area (Å²) in [5.41, 5.74) is 2.15. The fourth-order valence-electron chi connectivity index (χ4n) is 3.36. The minimum atomic E-state index is -3.65. The highest BCUT2D eigenvalue weighted by Gasteiger charge is 2.28. The average molecular weight is 492 g/mol. The van der Waals surface area contributed by atoms with Gasteiger partial charge < -0.3 is 10.1 Å². The molecule has 2 aromatic carbocycles. The van der Waals surface area contributed by atoms with Crippen molar-refractivity contribution in [2.24, 2.45) is 0 Å². The van der Waals surface area contributed by atoms with Crippen LogP contribution >= 0.6 is 22.9 Å². The standard InChI is InChI=1S/C22H22ClN3O4S2/c23-18-7-5-16(6-8-18)22-25-19(15-31-22)13-21(27)24-14-17-3-1-2-4-20(17)32(28,29)26-9-11-30-12-10-26/h1-8,15H,9-14H2,(H,24,27). The maximum absolute atomic E-state index is 13.0. The third kappa shape index (κ3) is 5.36. The Hall–Kier alpha value is -2.30. The molecule has 0 saturated carbocycles. The van der Waals surface area contributed by atoms with Crippen LogP contribution in [0.1, 0.15) is 11.3 Å². The maximum atomic E-state index is 13.0. The summed E-state index contributed by atoms with van der Waals surface area (Å²) in [5, 5.41) is 6.13. The third-order valence-electron chi connectivity index (χ3n) is 5.02. The number of aromatic nitrogens is 1. The van der Waals surface area contributed by atoms with E-state index in [1.54, 1.807) is 36.4 Å². The first-order valence-electron chi connectivity index (χ1n) is 10.1. The Morgan fingerprint density at radius 2 is 1.84 bits per heavy atom. The molecule has 168 valence electrons. The summed E-state index contributed by atoms with van der Waals surface area (Å²) < 4.78 is 32.8. The number of ether oxygens (including phenoxy) is 1. The van der Waals surface area contributed by atoms with E-state index in [4.69, 9.17) is 16.3 Å². The van der Waals surface area contributed by atoms with Crippen molar-refractivity contribution in [3.05, 3.63) is 70.2 Å². The number of hydrogen-bond acceptors (Lipinski definition) is 6. The van der Waals surface area contributed by atoms with Crippen molar-refractivity contribution in [3.8, 4) is 10.6 Å². The van der Waals surface area contributed by atoms with Gasteiger partial charge >= 0.3 is 0 Å². The molecule has 2 heterocycles. The van der Waals surface area contributed by atoms with E-state index in [1.807, 2.05) is 17.5 Å². The van der Waals surface area contributed by atoms with Crippen LogP contribution in [-0.2, 0) is 32.5 Å². The normalized spacial score (nSPS) is 14.9. The van der Waals surface area contributed by atoms with Crippen LogP contribution in [0.15, 0.2) is 58.8 Å². The number of morpholine rings is 1. The molecule has 0 radical (unpaired) electrons. The van der Waals surface area contributed by atoms with E-state index in [0.29, 0.717) is 42.6 Å². The van der Waals surface area contributed by atoms with Gasteiger partial charge in [0.25, 0.3) is 0 Å². The van der Waals surface area contributed by atoms with E-state index in [1.165, 1.54) is 15.6 Å². The first-order chi connectivity index (χ1) is 15.4. The molecular formula is C22H22ClN3O4S2. The van der Waals surface area contributed by atoms with Gasteiger partial charge in [-0.3, -0.25) is 4.79 Å². The van der Waals surface area contributed by atoms with E-state index in [9.17, 15) is 13.2 Å². The summed E-state index contributed by atoms with van der Waals surface area (Å²) in [5.74, 6) is -0.225. The predicted octanol–water partition coefficient (Wildman–Crippen LogP) is 3.34. The Balaban J connectivity index is 1.40. The summed E-state index contributed by atoms with van der Waals surface area (Å²) in [4.78, 5) is 17.2. The second-order valence-electron chi connectivity index (χ2n) is 7.23. The van der Waals surface area contributed by atoms with Gasteiger partial charge in [0.05, 0.1) is 30.2 Å². The van der Waals surface area contributed by atoms with Crippen LogP contribution in [0.5, 0.6) is 0 Å². The molecule has 4 rings (SSSR count). The van der Waals surface area contributed by atoms with Gasteiger partial charge in [0.1, 0.15) is 5.01 Å². The summed E-state index contributed by atoms with van der Waals surface area (Å²) in [7, 11) is -3.65. The zero-order chi connectivity index (χ0) is 22.6. The molecule has 32 heavy (non-hydrogen) atoms. The lowest BCUT2D eigenvalue weighted by Crippen LogP contribution is -2.41. The quantitative estimate of drug-likeness (QED) is 0.547. The van der Waals surface area contributed by atoms with Gasteiger partial charge in [0.15, 0.2) is 0 Å². The molecular weight excluding hydrogens is 470 g/mol. The molecule has 1 aliphatic heterocycles. The number of carbonyl (C=O) groups is 1.